The molecule has 0 saturated carbocycles. The van der Waals surface area contributed by atoms with Crippen LogP contribution in [0.4, 0.5) is 0 Å². The lowest BCUT2D eigenvalue weighted by molar-refractivity contribution is 0.0529. The van der Waals surface area contributed by atoms with Crippen molar-refractivity contribution in [3.63, 3.8) is 0 Å². The van der Waals surface area contributed by atoms with E-state index in [4.69, 9.17) is 9.47 Å². The highest BCUT2D eigenvalue weighted by atomic mass is 79.9. The molecule has 0 spiro atoms. The molecule has 1 fully saturated rings. The van der Waals surface area contributed by atoms with Gasteiger partial charge in [-0.25, -0.2) is 0 Å². The third-order valence-corrected chi connectivity index (χ3v) is 1.64. The van der Waals surface area contributed by atoms with Gasteiger partial charge in [0, 0.05) is 11.9 Å². The summed E-state index contributed by atoms with van der Waals surface area (Å²) in [6.07, 6.45) is 1.43. The summed E-state index contributed by atoms with van der Waals surface area (Å²) in [6, 6.07) is 0. The number of alkyl halides is 1. The Balaban J connectivity index is 1.98. The lowest BCUT2D eigenvalue weighted by Crippen LogP contribution is -2.13. The number of rotatable bonds is 3. The topological polar surface area (TPSA) is 18.5 Å². The molecule has 0 radical (unpaired) electrons. The molecule has 0 aromatic rings. The van der Waals surface area contributed by atoms with Gasteiger partial charge in [-0.05, 0) is 6.42 Å². The summed E-state index contributed by atoms with van der Waals surface area (Å²) in [6.45, 7) is 2.45. The monoisotopic (exact) mass is 194 g/mol. The summed E-state index contributed by atoms with van der Waals surface area (Å²) in [4.78, 5) is 0. The van der Waals surface area contributed by atoms with Gasteiger partial charge >= 0.3 is 0 Å². The molecule has 0 aromatic heterocycles. The van der Waals surface area contributed by atoms with Gasteiger partial charge in [0.2, 0.25) is 0 Å². The Morgan fingerprint density at radius 2 is 2.56 bits per heavy atom. The van der Waals surface area contributed by atoms with E-state index in [0.717, 1.165) is 31.6 Å². The second-order valence-corrected chi connectivity index (χ2v) is 2.84. The number of hydrogen-bond acceptors (Lipinski definition) is 2. The van der Waals surface area contributed by atoms with E-state index in [2.05, 4.69) is 15.9 Å². The van der Waals surface area contributed by atoms with E-state index in [1.807, 2.05) is 0 Å². The maximum absolute atomic E-state index is 5.38. The van der Waals surface area contributed by atoms with Gasteiger partial charge in [-0.3, -0.25) is 0 Å². The fourth-order valence-corrected chi connectivity index (χ4v) is 1.04. The minimum Gasteiger partial charge on any atom is -0.379 e. The molecule has 1 atom stereocenters. The van der Waals surface area contributed by atoms with E-state index in [0.29, 0.717) is 6.10 Å². The number of ether oxygens (including phenoxy) is 2. The highest BCUT2D eigenvalue weighted by Gasteiger charge is 2.14. The molecule has 1 saturated heterocycles. The average Bonchev–Trinajstić information content (AvgIpc) is 2.34. The molecule has 0 amide bonds. The van der Waals surface area contributed by atoms with Crippen LogP contribution in [-0.4, -0.2) is 31.3 Å². The fourth-order valence-electron chi connectivity index (χ4n) is 0.856. The van der Waals surface area contributed by atoms with E-state index < -0.39 is 0 Å². The zero-order valence-corrected chi connectivity index (χ0v) is 6.89. The molecular weight excluding hydrogens is 184 g/mol. The highest BCUT2D eigenvalue weighted by Crippen LogP contribution is 2.07. The van der Waals surface area contributed by atoms with Gasteiger partial charge in [-0.15, -0.1) is 0 Å². The van der Waals surface area contributed by atoms with Crippen LogP contribution in [0.2, 0.25) is 0 Å². The van der Waals surface area contributed by atoms with Crippen molar-refractivity contribution in [3.8, 4) is 0 Å². The molecule has 0 aromatic carbocycles. The SMILES string of the molecule is BrCCOC1CCOC1. The lowest BCUT2D eigenvalue weighted by atomic mass is 10.3. The van der Waals surface area contributed by atoms with Crippen molar-refractivity contribution in [2.24, 2.45) is 0 Å². The van der Waals surface area contributed by atoms with E-state index in [1.165, 1.54) is 0 Å². The molecule has 1 aliphatic heterocycles. The lowest BCUT2D eigenvalue weighted by Gasteiger charge is -2.06. The first-order valence-corrected chi connectivity index (χ1v) is 4.31. The largest absolute Gasteiger partial charge is 0.379 e. The normalized spacial score (nSPS) is 27.0. The molecule has 1 rings (SSSR count). The van der Waals surface area contributed by atoms with Crippen LogP contribution in [0.5, 0.6) is 0 Å². The minimum absolute atomic E-state index is 0.363. The Hall–Kier alpha value is 0.400. The van der Waals surface area contributed by atoms with Crippen LogP contribution in [0.1, 0.15) is 6.42 Å². The predicted molar refractivity (Wildman–Crippen MR) is 39.0 cm³/mol. The molecule has 0 N–H and O–H groups in total. The van der Waals surface area contributed by atoms with Gasteiger partial charge in [-0.2, -0.15) is 0 Å². The van der Waals surface area contributed by atoms with Crippen LogP contribution in [0.3, 0.4) is 0 Å². The van der Waals surface area contributed by atoms with Gasteiger partial charge in [0.25, 0.3) is 0 Å². The standard InChI is InChI=1S/C6H11BrO2/c7-2-4-9-6-1-3-8-5-6/h6H,1-5H2. The zero-order valence-electron chi connectivity index (χ0n) is 5.31. The average molecular weight is 195 g/mol. The third-order valence-electron chi connectivity index (χ3n) is 1.32. The van der Waals surface area contributed by atoms with E-state index >= 15 is 0 Å². The molecule has 1 aliphatic rings. The van der Waals surface area contributed by atoms with Crippen molar-refractivity contribution in [3.05, 3.63) is 0 Å². The van der Waals surface area contributed by atoms with Crippen molar-refractivity contribution in [2.75, 3.05) is 25.2 Å². The van der Waals surface area contributed by atoms with Crippen molar-refractivity contribution in [2.45, 2.75) is 12.5 Å². The van der Waals surface area contributed by atoms with Crippen LogP contribution in [0, 0.1) is 0 Å². The van der Waals surface area contributed by atoms with Crippen LogP contribution < -0.4 is 0 Å². The Morgan fingerprint density at radius 1 is 1.67 bits per heavy atom. The van der Waals surface area contributed by atoms with Crippen molar-refractivity contribution < 1.29 is 9.47 Å². The Kier molecular flexibility index (Phi) is 3.55. The molecule has 0 aliphatic carbocycles. The first kappa shape index (κ1) is 7.51. The molecule has 0 bridgehead atoms. The Labute approximate surface area is 63.7 Å². The number of hydrogen-bond donors (Lipinski definition) is 0. The Bertz CT molecular complexity index is 71.5. The predicted octanol–water partition coefficient (Wildman–Crippen LogP) is 1.19. The van der Waals surface area contributed by atoms with Gasteiger partial charge < -0.3 is 9.47 Å². The summed E-state index contributed by atoms with van der Waals surface area (Å²) in [5, 5.41) is 0.920. The first-order chi connectivity index (χ1) is 4.43. The van der Waals surface area contributed by atoms with E-state index in [9.17, 15) is 0 Å². The summed E-state index contributed by atoms with van der Waals surface area (Å²) in [5.74, 6) is 0. The minimum atomic E-state index is 0.363. The van der Waals surface area contributed by atoms with Crippen LogP contribution >= 0.6 is 15.9 Å². The van der Waals surface area contributed by atoms with E-state index in [-0.39, 0.29) is 0 Å². The summed E-state index contributed by atoms with van der Waals surface area (Å²) >= 11 is 3.29. The van der Waals surface area contributed by atoms with E-state index in [1.54, 1.807) is 0 Å². The van der Waals surface area contributed by atoms with Crippen LogP contribution in [-0.2, 0) is 9.47 Å². The second-order valence-electron chi connectivity index (χ2n) is 2.05. The smallest absolute Gasteiger partial charge is 0.0830 e. The zero-order chi connectivity index (χ0) is 6.53. The Morgan fingerprint density at radius 3 is 3.11 bits per heavy atom. The van der Waals surface area contributed by atoms with Gasteiger partial charge in [0.1, 0.15) is 0 Å². The molecule has 9 heavy (non-hydrogen) atoms. The third kappa shape index (κ3) is 2.65. The van der Waals surface area contributed by atoms with Crippen molar-refractivity contribution >= 4 is 15.9 Å². The molecule has 2 nitrogen and oxygen atoms in total. The van der Waals surface area contributed by atoms with Gasteiger partial charge in [-0.1, -0.05) is 15.9 Å². The van der Waals surface area contributed by atoms with Crippen molar-refractivity contribution in [1.29, 1.82) is 0 Å². The molecule has 1 unspecified atom stereocenters. The summed E-state index contributed by atoms with van der Waals surface area (Å²) in [7, 11) is 0. The molecular formula is C6H11BrO2. The quantitative estimate of drug-likeness (QED) is 0.629. The van der Waals surface area contributed by atoms with Crippen molar-refractivity contribution in [1.82, 2.24) is 0 Å². The molecule has 1 heterocycles. The fraction of sp³-hybridized carbons (Fsp3) is 1.00. The van der Waals surface area contributed by atoms with Gasteiger partial charge in [0.15, 0.2) is 0 Å². The summed E-state index contributed by atoms with van der Waals surface area (Å²) in [5.41, 5.74) is 0. The summed E-state index contributed by atoms with van der Waals surface area (Å²) < 4.78 is 10.5. The van der Waals surface area contributed by atoms with Gasteiger partial charge in [0.05, 0.1) is 19.3 Å². The number of halogens is 1. The molecule has 54 valence electrons. The molecule has 3 heteroatoms. The van der Waals surface area contributed by atoms with Crippen LogP contribution in [0.15, 0.2) is 0 Å². The highest BCUT2D eigenvalue weighted by molar-refractivity contribution is 9.09. The maximum atomic E-state index is 5.38. The second kappa shape index (κ2) is 4.25. The maximum Gasteiger partial charge on any atom is 0.0830 e. The van der Waals surface area contributed by atoms with Crippen LogP contribution in [0.25, 0.3) is 0 Å². The first-order valence-electron chi connectivity index (χ1n) is 3.19.